The quantitative estimate of drug-likeness (QED) is 0.704. The van der Waals surface area contributed by atoms with Gasteiger partial charge < -0.3 is 5.32 Å². The summed E-state index contributed by atoms with van der Waals surface area (Å²) in [5.74, 6) is 0. The predicted octanol–water partition coefficient (Wildman–Crippen LogP) is 4.59. The zero-order chi connectivity index (χ0) is 15.1. The molecule has 1 aliphatic carbocycles. The van der Waals surface area contributed by atoms with Gasteiger partial charge in [0.05, 0.1) is 0 Å². The summed E-state index contributed by atoms with van der Waals surface area (Å²) in [5, 5.41) is 3.84. The molecule has 0 aromatic rings. The minimum atomic E-state index is 0.706. The van der Waals surface area contributed by atoms with Gasteiger partial charge in [-0.05, 0) is 70.0 Å². The van der Waals surface area contributed by atoms with E-state index in [1.807, 2.05) is 0 Å². The van der Waals surface area contributed by atoms with Crippen molar-refractivity contribution in [2.45, 2.75) is 97.1 Å². The molecule has 1 saturated heterocycles. The molecule has 2 fully saturated rings. The lowest BCUT2D eigenvalue weighted by molar-refractivity contribution is 0.0572. The van der Waals surface area contributed by atoms with E-state index >= 15 is 0 Å². The summed E-state index contributed by atoms with van der Waals surface area (Å²) in [5.41, 5.74) is 0.756. The van der Waals surface area contributed by atoms with Crippen LogP contribution in [0.4, 0.5) is 0 Å². The summed E-state index contributed by atoms with van der Waals surface area (Å²) in [7, 11) is 0. The van der Waals surface area contributed by atoms with Crippen LogP contribution in [0.15, 0.2) is 0 Å². The largest absolute Gasteiger partial charge is 0.312 e. The Morgan fingerprint density at radius 3 is 2.14 bits per heavy atom. The van der Waals surface area contributed by atoms with Crippen molar-refractivity contribution in [3.8, 4) is 0 Å². The zero-order valence-electron chi connectivity index (χ0n) is 14.8. The highest BCUT2D eigenvalue weighted by molar-refractivity contribution is 4.93. The van der Waals surface area contributed by atoms with Crippen LogP contribution >= 0.6 is 0 Å². The van der Waals surface area contributed by atoms with Gasteiger partial charge in [0.1, 0.15) is 0 Å². The Morgan fingerprint density at radius 2 is 1.62 bits per heavy atom. The fourth-order valence-electron chi connectivity index (χ4n) is 4.82. The van der Waals surface area contributed by atoms with Crippen molar-refractivity contribution in [1.29, 1.82) is 0 Å². The Balaban J connectivity index is 1.90. The molecular formula is C19H38N2. The lowest BCUT2D eigenvalue weighted by atomic mass is 9.76. The van der Waals surface area contributed by atoms with E-state index in [4.69, 9.17) is 0 Å². The molecule has 1 aliphatic heterocycles. The summed E-state index contributed by atoms with van der Waals surface area (Å²) in [6.07, 6.45) is 14.1. The number of nitrogens with one attached hydrogen (secondary N) is 1. The molecule has 124 valence electrons. The second-order valence-corrected chi connectivity index (χ2v) is 7.57. The molecule has 21 heavy (non-hydrogen) atoms. The van der Waals surface area contributed by atoms with E-state index in [0.29, 0.717) is 6.04 Å². The topological polar surface area (TPSA) is 15.3 Å². The maximum Gasteiger partial charge on any atom is 0.0246 e. The Morgan fingerprint density at radius 1 is 0.952 bits per heavy atom. The van der Waals surface area contributed by atoms with Crippen molar-refractivity contribution in [3.05, 3.63) is 0 Å². The highest BCUT2D eigenvalue weighted by Gasteiger charge is 2.39. The first-order valence-corrected chi connectivity index (χ1v) is 9.72. The summed E-state index contributed by atoms with van der Waals surface area (Å²) in [6.45, 7) is 10.9. The van der Waals surface area contributed by atoms with Gasteiger partial charge in [0, 0.05) is 12.1 Å². The molecule has 2 atom stereocenters. The first kappa shape index (κ1) is 17.3. The molecule has 2 aliphatic rings. The van der Waals surface area contributed by atoms with E-state index in [-0.39, 0.29) is 0 Å². The first-order chi connectivity index (χ1) is 10.2. The van der Waals surface area contributed by atoms with Crippen molar-refractivity contribution in [1.82, 2.24) is 10.2 Å². The van der Waals surface area contributed by atoms with Crippen molar-refractivity contribution < 1.29 is 0 Å². The summed E-state index contributed by atoms with van der Waals surface area (Å²) in [6, 6.07) is 1.47. The Labute approximate surface area is 133 Å². The van der Waals surface area contributed by atoms with Crippen LogP contribution < -0.4 is 5.32 Å². The van der Waals surface area contributed by atoms with Gasteiger partial charge in [-0.25, -0.2) is 0 Å². The number of hydrogen-bond donors (Lipinski definition) is 1. The van der Waals surface area contributed by atoms with E-state index < -0.39 is 0 Å². The Hall–Kier alpha value is -0.0800. The second kappa shape index (κ2) is 8.53. The molecule has 0 amide bonds. The standard InChI is InChI=1S/C19H38N2/c1-4-9-17(20-14-5-2)18(6-3)21-15-12-19(13-16-21)10-7-8-11-19/h17-18,20H,4-16H2,1-3H3. The minimum absolute atomic E-state index is 0.706. The molecule has 0 aromatic carbocycles. The monoisotopic (exact) mass is 294 g/mol. The first-order valence-electron chi connectivity index (χ1n) is 9.72. The molecule has 1 spiro atoms. The minimum Gasteiger partial charge on any atom is -0.312 e. The van der Waals surface area contributed by atoms with E-state index in [1.54, 1.807) is 0 Å². The maximum absolute atomic E-state index is 3.84. The highest BCUT2D eigenvalue weighted by atomic mass is 15.2. The van der Waals surface area contributed by atoms with Gasteiger partial charge in [0.15, 0.2) is 0 Å². The van der Waals surface area contributed by atoms with Crippen LogP contribution in [0.1, 0.15) is 85.0 Å². The molecule has 1 N–H and O–H groups in total. The highest BCUT2D eigenvalue weighted by Crippen LogP contribution is 2.46. The second-order valence-electron chi connectivity index (χ2n) is 7.57. The van der Waals surface area contributed by atoms with Gasteiger partial charge in [-0.3, -0.25) is 4.90 Å². The van der Waals surface area contributed by atoms with Gasteiger partial charge in [-0.15, -0.1) is 0 Å². The predicted molar refractivity (Wildman–Crippen MR) is 92.8 cm³/mol. The molecule has 2 rings (SSSR count). The molecule has 0 aromatic heterocycles. The maximum atomic E-state index is 3.84. The average Bonchev–Trinajstić information content (AvgIpc) is 2.96. The van der Waals surface area contributed by atoms with Crippen molar-refractivity contribution in [2.24, 2.45) is 5.41 Å². The molecule has 0 bridgehead atoms. The smallest absolute Gasteiger partial charge is 0.0246 e. The van der Waals surface area contributed by atoms with Crippen molar-refractivity contribution >= 4 is 0 Å². The molecule has 1 saturated carbocycles. The molecule has 0 radical (unpaired) electrons. The molecule has 2 nitrogen and oxygen atoms in total. The van der Waals surface area contributed by atoms with Crippen molar-refractivity contribution in [3.63, 3.8) is 0 Å². The number of rotatable bonds is 8. The van der Waals surface area contributed by atoms with E-state index in [0.717, 1.165) is 11.5 Å². The van der Waals surface area contributed by atoms with Gasteiger partial charge in [0.2, 0.25) is 0 Å². The van der Waals surface area contributed by atoms with Gasteiger partial charge in [-0.2, -0.15) is 0 Å². The van der Waals surface area contributed by atoms with Crippen LogP contribution in [0.25, 0.3) is 0 Å². The summed E-state index contributed by atoms with van der Waals surface area (Å²) < 4.78 is 0. The lowest BCUT2D eigenvalue weighted by Crippen LogP contribution is -2.53. The SMILES string of the molecule is CCCNC(CCC)C(CC)N1CCC2(CCCC2)CC1. The van der Waals surface area contributed by atoms with Crippen molar-refractivity contribution in [2.75, 3.05) is 19.6 Å². The van der Waals surface area contributed by atoms with Crippen LogP contribution in [-0.4, -0.2) is 36.6 Å². The summed E-state index contributed by atoms with van der Waals surface area (Å²) >= 11 is 0. The molecular weight excluding hydrogens is 256 g/mol. The van der Waals surface area contributed by atoms with E-state index in [9.17, 15) is 0 Å². The normalized spacial score (nSPS) is 25.3. The number of likely N-dealkylation sites (tertiary alicyclic amines) is 1. The fourth-order valence-corrected chi connectivity index (χ4v) is 4.82. The molecule has 2 heteroatoms. The third kappa shape index (κ3) is 4.45. The Bertz CT molecular complexity index is 273. The molecule has 1 heterocycles. The average molecular weight is 295 g/mol. The number of piperidine rings is 1. The van der Waals surface area contributed by atoms with E-state index in [1.165, 1.54) is 83.8 Å². The lowest BCUT2D eigenvalue weighted by Gasteiger charge is -2.45. The molecule has 2 unspecified atom stereocenters. The Kier molecular flexibility index (Phi) is 7.01. The van der Waals surface area contributed by atoms with Crippen LogP contribution in [0, 0.1) is 5.41 Å². The van der Waals surface area contributed by atoms with Crippen LogP contribution in [-0.2, 0) is 0 Å². The third-order valence-corrected chi connectivity index (χ3v) is 6.13. The van der Waals surface area contributed by atoms with Gasteiger partial charge in [0.25, 0.3) is 0 Å². The van der Waals surface area contributed by atoms with Crippen LogP contribution in [0.5, 0.6) is 0 Å². The number of hydrogen-bond acceptors (Lipinski definition) is 2. The van der Waals surface area contributed by atoms with Crippen LogP contribution in [0.2, 0.25) is 0 Å². The third-order valence-electron chi connectivity index (χ3n) is 6.13. The van der Waals surface area contributed by atoms with E-state index in [2.05, 4.69) is 31.0 Å². The van der Waals surface area contributed by atoms with Crippen LogP contribution in [0.3, 0.4) is 0 Å². The fraction of sp³-hybridized carbons (Fsp3) is 1.00. The van der Waals surface area contributed by atoms with Gasteiger partial charge >= 0.3 is 0 Å². The number of nitrogens with zero attached hydrogens (tertiary/aromatic N) is 1. The summed E-state index contributed by atoms with van der Waals surface area (Å²) in [4.78, 5) is 2.83. The van der Waals surface area contributed by atoms with Gasteiger partial charge in [-0.1, -0.05) is 40.0 Å². The zero-order valence-corrected chi connectivity index (χ0v) is 14.8.